The minimum Gasteiger partial charge on any atom is -0.258 e. The second-order valence-electron chi connectivity index (χ2n) is 8.81. The molecule has 0 aliphatic heterocycles. The predicted octanol–water partition coefficient (Wildman–Crippen LogP) is 1.29. The average molecular weight is 507 g/mol. The predicted molar refractivity (Wildman–Crippen MR) is 117 cm³/mol. The van der Waals surface area contributed by atoms with Crippen LogP contribution >= 0.6 is 0 Å². The third kappa shape index (κ3) is 8.52. The molecule has 190 valence electrons. The minimum absolute atomic E-state index is 0.123. The molecule has 3 aromatic rings. The first-order chi connectivity index (χ1) is 16.7. The minimum atomic E-state index is -4.94. The summed E-state index contributed by atoms with van der Waals surface area (Å²) in [5.41, 5.74) is 2.20. The molecule has 4 rings (SSSR count). The van der Waals surface area contributed by atoms with Crippen LogP contribution in [0.2, 0.25) is 0 Å². The molecular weight excluding hydrogens is 476 g/mol. The second-order valence-corrected chi connectivity index (χ2v) is 9.56. The van der Waals surface area contributed by atoms with Crippen LogP contribution in [0.4, 0.5) is 5.69 Å². The van der Waals surface area contributed by atoms with Crippen LogP contribution in [0, 0.1) is 20.4 Å². The van der Waals surface area contributed by atoms with Crippen LogP contribution in [0.5, 0.6) is 0 Å². The number of nitrogens with zero attached hydrogens (tertiary/aromatic N) is 4. The number of rotatable bonds is 3. The van der Waals surface area contributed by atoms with Gasteiger partial charge in [-0.1, -0.05) is 49.9 Å². The molecular formula is C24H31ClN4O6. The molecule has 0 atom stereocenters. The Balaban J connectivity index is 0.000000623. The topological polar surface area (TPSA) is 157 Å². The number of aromatic nitrogens is 3. The lowest BCUT2D eigenvalue weighted by atomic mass is 9.97. The van der Waals surface area contributed by atoms with Gasteiger partial charge in [0, 0.05) is 23.8 Å². The summed E-state index contributed by atoms with van der Waals surface area (Å²) in [5, 5.41) is 11.1. The lowest BCUT2D eigenvalue weighted by molar-refractivity contribution is -2.00. The first kappa shape index (κ1) is 27.0. The van der Waals surface area contributed by atoms with Gasteiger partial charge in [-0.05, 0) is 37.8 Å². The molecule has 0 unspecified atom stereocenters. The molecule has 2 aromatic heterocycles. The molecule has 0 bridgehead atoms. The van der Waals surface area contributed by atoms with Gasteiger partial charge in [0.1, 0.15) is 18.1 Å². The largest absolute Gasteiger partial charge is 0.403 e. The van der Waals surface area contributed by atoms with Gasteiger partial charge in [-0.3, -0.25) is 10.1 Å². The van der Waals surface area contributed by atoms with Crippen LogP contribution in [0.25, 0.3) is 17.0 Å². The number of fused-ring (bicyclic) bond motifs is 1. The summed E-state index contributed by atoms with van der Waals surface area (Å²) in [5.74, 6) is 0.947. The number of hydrogen-bond acceptors (Lipinski definition) is 7. The Hall–Kier alpha value is -2.63. The lowest BCUT2D eigenvalue weighted by Gasteiger charge is -2.18. The van der Waals surface area contributed by atoms with Crippen molar-refractivity contribution in [2.45, 2.75) is 76.7 Å². The third-order valence-corrected chi connectivity index (χ3v) is 6.30. The quantitative estimate of drug-likeness (QED) is 0.294. The molecule has 0 saturated heterocycles. The number of hydrogen-bond donors (Lipinski definition) is 0. The van der Waals surface area contributed by atoms with Crippen molar-refractivity contribution >= 4 is 11.5 Å². The summed E-state index contributed by atoms with van der Waals surface area (Å²) in [4.78, 5) is 15.4. The molecule has 11 heteroatoms. The van der Waals surface area contributed by atoms with Gasteiger partial charge >= 0.3 is 5.78 Å². The number of nitro benzene ring substituents is 1. The number of imidazole rings is 1. The van der Waals surface area contributed by atoms with Gasteiger partial charge in [-0.15, -0.1) is 10.2 Å². The maximum atomic E-state index is 11.1. The SMILES string of the molecule is O=[N+]([O-])c1ccc(-c2c[n+]3cccnc3n2C2CCCCCCCCCCC2)cc1.[O-][Cl+3]([O-])([O-])[O-]. The number of non-ortho nitro benzene ring substituents is 1. The smallest absolute Gasteiger partial charge is 0.258 e. The van der Waals surface area contributed by atoms with Gasteiger partial charge in [-0.2, -0.15) is 0 Å². The first-order valence-electron chi connectivity index (χ1n) is 12.0. The Kier molecular flexibility index (Phi) is 9.93. The Morgan fingerprint density at radius 3 is 1.91 bits per heavy atom. The van der Waals surface area contributed by atoms with E-state index in [1.807, 2.05) is 30.6 Å². The Labute approximate surface area is 206 Å². The van der Waals surface area contributed by atoms with Crippen LogP contribution in [-0.2, 0) is 0 Å². The number of benzene rings is 1. The fraction of sp³-hybridized carbons (Fsp3) is 0.500. The van der Waals surface area contributed by atoms with Gasteiger partial charge in [0.05, 0.1) is 17.2 Å². The van der Waals surface area contributed by atoms with E-state index in [0.717, 1.165) is 29.9 Å². The van der Waals surface area contributed by atoms with Crippen molar-refractivity contribution in [3.05, 3.63) is 59.0 Å². The normalized spacial score (nSPS) is 16.6. The molecule has 10 nitrogen and oxygen atoms in total. The van der Waals surface area contributed by atoms with Crippen molar-refractivity contribution < 1.29 is 38.2 Å². The Morgan fingerprint density at radius 2 is 1.40 bits per heavy atom. The zero-order chi connectivity index (χ0) is 25.3. The zero-order valence-corrected chi connectivity index (χ0v) is 20.3. The van der Waals surface area contributed by atoms with E-state index in [0.29, 0.717) is 6.04 Å². The average Bonchev–Trinajstić information content (AvgIpc) is 3.18. The fourth-order valence-electron chi connectivity index (χ4n) is 4.69. The van der Waals surface area contributed by atoms with E-state index in [2.05, 4.69) is 15.2 Å². The molecule has 1 aromatic carbocycles. The summed E-state index contributed by atoms with van der Waals surface area (Å²) < 4.78 is 38.4. The van der Waals surface area contributed by atoms with Gasteiger partial charge in [0.25, 0.3) is 5.69 Å². The van der Waals surface area contributed by atoms with Crippen molar-refractivity contribution in [1.82, 2.24) is 9.55 Å². The molecule has 1 aliphatic carbocycles. The summed E-state index contributed by atoms with van der Waals surface area (Å²) in [6.07, 6.45) is 20.1. The molecule has 1 aliphatic rings. The Morgan fingerprint density at radius 1 is 0.886 bits per heavy atom. The first-order valence-corrected chi connectivity index (χ1v) is 13.2. The molecule has 1 fully saturated rings. The Bertz CT molecular complexity index is 1070. The van der Waals surface area contributed by atoms with Crippen molar-refractivity contribution in [1.29, 1.82) is 0 Å². The molecule has 1 saturated carbocycles. The van der Waals surface area contributed by atoms with Gasteiger partial charge in [-0.25, -0.2) is 27.6 Å². The van der Waals surface area contributed by atoms with Crippen molar-refractivity contribution in [3.63, 3.8) is 0 Å². The van der Waals surface area contributed by atoms with Crippen molar-refractivity contribution in [3.8, 4) is 11.3 Å². The molecule has 2 heterocycles. The molecule has 0 spiro atoms. The van der Waals surface area contributed by atoms with E-state index in [9.17, 15) is 10.1 Å². The van der Waals surface area contributed by atoms with E-state index in [1.54, 1.807) is 12.1 Å². The van der Waals surface area contributed by atoms with Crippen molar-refractivity contribution in [2.75, 3.05) is 0 Å². The van der Waals surface area contributed by atoms with Crippen molar-refractivity contribution in [2.24, 2.45) is 0 Å². The molecule has 0 radical (unpaired) electrons. The van der Waals surface area contributed by atoms with Gasteiger partial charge in [0.15, 0.2) is 0 Å². The van der Waals surface area contributed by atoms with E-state index in [-0.39, 0.29) is 10.6 Å². The van der Waals surface area contributed by atoms with E-state index >= 15 is 0 Å². The van der Waals surface area contributed by atoms with E-state index < -0.39 is 10.2 Å². The second kappa shape index (κ2) is 12.9. The fourth-order valence-corrected chi connectivity index (χ4v) is 4.69. The van der Waals surface area contributed by atoms with Crippen LogP contribution in [0.3, 0.4) is 0 Å². The highest BCUT2D eigenvalue weighted by Gasteiger charge is 2.26. The summed E-state index contributed by atoms with van der Waals surface area (Å²) in [7, 11) is -4.94. The maximum absolute atomic E-state index is 11.1. The van der Waals surface area contributed by atoms with E-state index in [4.69, 9.17) is 23.6 Å². The van der Waals surface area contributed by atoms with Gasteiger partial charge < -0.3 is 0 Å². The standard InChI is InChI=1S/C24H31N4O2.ClHO4/c29-28(30)22-15-13-20(14-16-22)23-19-26-18-10-17-25-24(26)27(23)21-11-8-6-4-2-1-3-5-7-9-12-21;2-1(3,4)5/h10,13-19,21H,1-9,11-12H2;(H,2,3,4,5)/q+1;/p-1. The van der Waals surface area contributed by atoms with Crippen LogP contribution in [0.1, 0.15) is 76.7 Å². The van der Waals surface area contributed by atoms with Gasteiger partial charge in [0.2, 0.25) is 0 Å². The lowest BCUT2D eigenvalue weighted by Crippen LogP contribution is -2.68. The van der Waals surface area contributed by atoms with Crippen LogP contribution < -0.4 is 23.0 Å². The highest BCUT2D eigenvalue weighted by molar-refractivity contribution is 5.62. The highest BCUT2D eigenvalue weighted by atomic mass is 35.7. The maximum Gasteiger partial charge on any atom is 0.403 e. The molecule has 35 heavy (non-hydrogen) atoms. The number of halogens is 1. The van der Waals surface area contributed by atoms with Crippen LogP contribution in [0.15, 0.2) is 48.9 Å². The summed E-state index contributed by atoms with van der Waals surface area (Å²) in [6.45, 7) is 0. The van der Waals surface area contributed by atoms with E-state index in [1.165, 1.54) is 57.8 Å². The summed E-state index contributed by atoms with van der Waals surface area (Å²) in [6, 6.07) is 9.25. The monoisotopic (exact) mass is 506 g/mol. The highest BCUT2D eigenvalue weighted by Crippen LogP contribution is 2.32. The number of nitro groups is 1. The molecule has 0 amide bonds. The molecule has 0 N–H and O–H groups in total. The van der Waals surface area contributed by atoms with Crippen LogP contribution in [-0.4, -0.2) is 14.5 Å². The zero-order valence-electron chi connectivity index (χ0n) is 19.6. The third-order valence-electron chi connectivity index (χ3n) is 6.30. The summed E-state index contributed by atoms with van der Waals surface area (Å²) >= 11 is 0.